The van der Waals surface area contributed by atoms with E-state index in [4.69, 9.17) is 4.74 Å². The van der Waals surface area contributed by atoms with E-state index < -0.39 is 0 Å². The standard InChI is InChI=1S/C13H23N3O/c1-10-15-9-7-12(16-10)11(14-4)6-8-13(2,3)17-5/h7,9,11,14H,6,8H2,1-5H3. The molecule has 0 radical (unpaired) electrons. The molecule has 0 saturated heterocycles. The third-order valence-corrected chi connectivity index (χ3v) is 3.09. The Morgan fingerprint density at radius 2 is 2.18 bits per heavy atom. The molecule has 1 unspecified atom stereocenters. The van der Waals surface area contributed by atoms with Gasteiger partial charge in [-0.15, -0.1) is 0 Å². The third-order valence-electron chi connectivity index (χ3n) is 3.09. The van der Waals surface area contributed by atoms with Crippen LogP contribution in [0.1, 0.15) is 44.2 Å². The summed E-state index contributed by atoms with van der Waals surface area (Å²) in [6.45, 7) is 6.12. The van der Waals surface area contributed by atoms with Crippen LogP contribution in [0.5, 0.6) is 0 Å². The van der Waals surface area contributed by atoms with Crippen molar-refractivity contribution >= 4 is 0 Å². The molecule has 0 spiro atoms. The summed E-state index contributed by atoms with van der Waals surface area (Å²) in [5.74, 6) is 0.814. The van der Waals surface area contributed by atoms with Crippen molar-refractivity contribution < 1.29 is 4.74 Å². The minimum Gasteiger partial charge on any atom is -0.379 e. The van der Waals surface area contributed by atoms with Crippen LogP contribution >= 0.6 is 0 Å². The first-order valence-corrected chi connectivity index (χ1v) is 6.00. The maximum absolute atomic E-state index is 5.43. The summed E-state index contributed by atoms with van der Waals surface area (Å²) in [6.07, 6.45) is 3.79. The predicted octanol–water partition coefficient (Wildman–Crippen LogP) is 2.25. The van der Waals surface area contributed by atoms with E-state index in [1.165, 1.54) is 0 Å². The van der Waals surface area contributed by atoms with Crippen molar-refractivity contribution in [2.24, 2.45) is 0 Å². The molecule has 1 aromatic rings. The monoisotopic (exact) mass is 237 g/mol. The van der Waals surface area contributed by atoms with Crippen LogP contribution in [0.3, 0.4) is 0 Å². The fourth-order valence-corrected chi connectivity index (χ4v) is 1.70. The number of nitrogens with zero attached hydrogens (tertiary/aromatic N) is 2. The minimum atomic E-state index is -0.0861. The largest absolute Gasteiger partial charge is 0.379 e. The second-order valence-corrected chi connectivity index (χ2v) is 4.87. The molecule has 0 aliphatic rings. The summed E-state index contributed by atoms with van der Waals surface area (Å²) in [5.41, 5.74) is 0.962. The maximum atomic E-state index is 5.43. The molecule has 0 amide bonds. The van der Waals surface area contributed by atoms with Gasteiger partial charge in [0.25, 0.3) is 0 Å². The first-order valence-electron chi connectivity index (χ1n) is 6.00. The lowest BCUT2D eigenvalue weighted by Crippen LogP contribution is -2.26. The second-order valence-electron chi connectivity index (χ2n) is 4.87. The van der Waals surface area contributed by atoms with Crippen molar-refractivity contribution in [3.63, 3.8) is 0 Å². The molecular weight excluding hydrogens is 214 g/mol. The summed E-state index contributed by atoms with van der Waals surface area (Å²) in [6, 6.07) is 2.22. The first kappa shape index (κ1) is 14.1. The number of ether oxygens (including phenoxy) is 1. The fraction of sp³-hybridized carbons (Fsp3) is 0.692. The molecule has 1 aromatic heterocycles. The van der Waals surface area contributed by atoms with Gasteiger partial charge in [-0.25, -0.2) is 9.97 Å². The van der Waals surface area contributed by atoms with Crippen LogP contribution in [0, 0.1) is 6.92 Å². The van der Waals surface area contributed by atoms with Gasteiger partial charge in [0.1, 0.15) is 5.82 Å². The summed E-state index contributed by atoms with van der Waals surface area (Å²) in [7, 11) is 3.71. The maximum Gasteiger partial charge on any atom is 0.125 e. The van der Waals surface area contributed by atoms with E-state index in [9.17, 15) is 0 Å². The number of rotatable bonds is 6. The van der Waals surface area contributed by atoms with Crippen LogP contribution < -0.4 is 5.32 Å². The number of aryl methyl sites for hydroxylation is 1. The van der Waals surface area contributed by atoms with Gasteiger partial charge in [-0.3, -0.25) is 0 Å². The Kier molecular flexibility index (Phi) is 5.02. The zero-order valence-corrected chi connectivity index (χ0v) is 11.4. The molecule has 0 aliphatic carbocycles. The number of methoxy groups -OCH3 is 1. The molecule has 1 atom stereocenters. The predicted molar refractivity (Wildman–Crippen MR) is 68.9 cm³/mol. The van der Waals surface area contributed by atoms with Gasteiger partial charge in [0.05, 0.1) is 11.3 Å². The molecule has 0 aromatic carbocycles. The summed E-state index contributed by atoms with van der Waals surface area (Å²) >= 11 is 0. The van der Waals surface area contributed by atoms with Crippen LogP contribution in [0.4, 0.5) is 0 Å². The Hall–Kier alpha value is -1.00. The van der Waals surface area contributed by atoms with Gasteiger partial charge >= 0.3 is 0 Å². The van der Waals surface area contributed by atoms with Crippen molar-refractivity contribution in [3.05, 3.63) is 23.8 Å². The van der Waals surface area contributed by atoms with Gasteiger partial charge in [0.2, 0.25) is 0 Å². The Labute approximate surface area is 104 Å². The van der Waals surface area contributed by atoms with Crippen molar-refractivity contribution in [1.29, 1.82) is 0 Å². The summed E-state index contributed by atoms with van der Waals surface area (Å²) < 4.78 is 5.43. The van der Waals surface area contributed by atoms with Crippen molar-refractivity contribution in [3.8, 4) is 0 Å². The van der Waals surface area contributed by atoms with Gasteiger partial charge in [0, 0.05) is 19.3 Å². The smallest absolute Gasteiger partial charge is 0.125 e. The van der Waals surface area contributed by atoms with Gasteiger partial charge < -0.3 is 10.1 Å². The molecule has 17 heavy (non-hydrogen) atoms. The van der Waals surface area contributed by atoms with Crippen LogP contribution in [-0.4, -0.2) is 29.7 Å². The van der Waals surface area contributed by atoms with Gasteiger partial charge in [-0.2, -0.15) is 0 Å². The van der Waals surface area contributed by atoms with Crippen LogP contribution in [-0.2, 0) is 4.74 Å². The molecule has 1 rings (SSSR count). The molecule has 0 saturated carbocycles. The highest BCUT2D eigenvalue weighted by Crippen LogP contribution is 2.23. The number of aromatic nitrogens is 2. The van der Waals surface area contributed by atoms with Crippen LogP contribution in [0.15, 0.2) is 12.3 Å². The van der Waals surface area contributed by atoms with E-state index in [1.54, 1.807) is 7.11 Å². The van der Waals surface area contributed by atoms with Crippen LogP contribution in [0.25, 0.3) is 0 Å². The number of hydrogen-bond acceptors (Lipinski definition) is 4. The van der Waals surface area contributed by atoms with Crippen molar-refractivity contribution in [1.82, 2.24) is 15.3 Å². The zero-order chi connectivity index (χ0) is 12.9. The second kappa shape index (κ2) is 6.07. The average Bonchev–Trinajstić information content (AvgIpc) is 2.30. The average molecular weight is 237 g/mol. The highest BCUT2D eigenvalue weighted by molar-refractivity contribution is 5.07. The van der Waals surface area contributed by atoms with Gasteiger partial charge in [0.15, 0.2) is 0 Å². The molecule has 0 fully saturated rings. The molecular formula is C13H23N3O. The molecule has 1 N–H and O–H groups in total. The lowest BCUT2D eigenvalue weighted by Gasteiger charge is -2.25. The number of nitrogens with one attached hydrogen (secondary N) is 1. The van der Waals surface area contributed by atoms with Gasteiger partial charge in [-0.1, -0.05) is 0 Å². The van der Waals surface area contributed by atoms with E-state index in [2.05, 4.69) is 29.1 Å². The van der Waals surface area contributed by atoms with E-state index in [0.29, 0.717) is 0 Å². The van der Waals surface area contributed by atoms with Crippen molar-refractivity contribution in [2.75, 3.05) is 14.2 Å². The van der Waals surface area contributed by atoms with E-state index in [0.717, 1.165) is 24.4 Å². The molecule has 4 nitrogen and oxygen atoms in total. The molecule has 1 heterocycles. The number of hydrogen-bond donors (Lipinski definition) is 1. The quantitative estimate of drug-likeness (QED) is 0.824. The third kappa shape index (κ3) is 4.40. The fourth-order valence-electron chi connectivity index (χ4n) is 1.70. The van der Waals surface area contributed by atoms with E-state index in [-0.39, 0.29) is 11.6 Å². The molecule has 96 valence electrons. The Morgan fingerprint density at radius 3 is 2.71 bits per heavy atom. The Bertz CT molecular complexity index is 352. The van der Waals surface area contributed by atoms with Gasteiger partial charge in [-0.05, 0) is 46.7 Å². The molecule has 0 bridgehead atoms. The highest BCUT2D eigenvalue weighted by atomic mass is 16.5. The first-order chi connectivity index (χ1) is 7.98. The lowest BCUT2D eigenvalue weighted by atomic mass is 9.97. The van der Waals surface area contributed by atoms with E-state index >= 15 is 0 Å². The van der Waals surface area contributed by atoms with Crippen LogP contribution in [0.2, 0.25) is 0 Å². The molecule has 4 heteroatoms. The summed E-state index contributed by atoms with van der Waals surface area (Å²) in [5, 5.41) is 3.30. The Balaban J connectivity index is 2.66. The summed E-state index contributed by atoms with van der Waals surface area (Å²) in [4.78, 5) is 8.57. The lowest BCUT2D eigenvalue weighted by molar-refractivity contribution is 0.0117. The minimum absolute atomic E-state index is 0.0861. The SMILES string of the molecule is CNC(CCC(C)(C)OC)c1ccnc(C)n1. The topological polar surface area (TPSA) is 47.0 Å². The van der Waals surface area contributed by atoms with E-state index in [1.807, 2.05) is 26.2 Å². The highest BCUT2D eigenvalue weighted by Gasteiger charge is 2.20. The zero-order valence-electron chi connectivity index (χ0n) is 11.4. The van der Waals surface area contributed by atoms with Crippen molar-refractivity contribution in [2.45, 2.75) is 45.3 Å². The normalized spacial score (nSPS) is 13.7. The molecule has 0 aliphatic heterocycles. The Morgan fingerprint density at radius 1 is 1.47 bits per heavy atom.